The third kappa shape index (κ3) is 2.58. The van der Waals surface area contributed by atoms with Crippen LogP contribution in [-0.4, -0.2) is 22.8 Å². The van der Waals surface area contributed by atoms with Crippen molar-refractivity contribution in [3.05, 3.63) is 34.6 Å². The van der Waals surface area contributed by atoms with E-state index in [1.165, 1.54) is 18.9 Å². The number of rotatable bonds is 3. The summed E-state index contributed by atoms with van der Waals surface area (Å²) < 4.78 is 13.3. The standard InChI is InChI=1S/C12H14BrClFN/c13-7-10-4-2-6-16(10)8-9-3-1-5-11(15)12(9)14/h1,3,5,10H,2,4,6-8H2. The van der Waals surface area contributed by atoms with E-state index in [1.54, 1.807) is 6.07 Å². The molecule has 0 N–H and O–H groups in total. The normalized spacial score (nSPS) is 21.6. The highest BCUT2D eigenvalue weighted by atomic mass is 79.9. The zero-order chi connectivity index (χ0) is 11.5. The van der Waals surface area contributed by atoms with E-state index in [4.69, 9.17) is 11.6 Å². The van der Waals surface area contributed by atoms with E-state index < -0.39 is 0 Å². The summed E-state index contributed by atoms with van der Waals surface area (Å²) >= 11 is 9.46. The Labute approximate surface area is 109 Å². The molecule has 1 aromatic carbocycles. The lowest BCUT2D eigenvalue weighted by molar-refractivity contribution is 0.264. The maximum atomic E-state index is 13.3. The molecule has 0 spiro atoms. The van der Waals surface area contributed by atoms with Crippen LogP contribution in [0.25, 0.3) is 0 Å². The third-order valence-electron chi connectivity index (χ3n) is 3.08. The molecule has 16 heavy (non-hydrogen) atoms. The van der Waals surface area contributed by atoms with E-state index in [-0.39, 0.29) is 10.8 Å². The first kappa shape index (κ1) is 12.3. The zero-order valence-corrected chi connectivity index (χ0v) is 11.3. The lowest BCUT2D eigenvalue weighted by atomic mass is 10.2. The van der Waals surface area contributed by atoms with Crippen molar-refractivity contribution < 1.29 is 4.39 Å². The summed E-state index contributed by atoms with van der Waals surface area (Å²) in [4.78, 5) is 2.36. The van der Waals surface area contributed by atoms with Crippen LogP contribution in [0.2, 0.25) is 5.02 Å². The second kappa shape index (κ2) is 5.48. The minimum absolute atomic E-state index is 0.266. The first-order valence-corrected chi connectivity index (χ1v) is 6.95. The Bertz CT molecular complexity index is 372. The first-order valence-electron chi connectivity index (χ1n) is 5.45. The molecule has 0 aromatic heterocycles. The lowest BCUT2D eigenvalue weighted by Gasteiger charge is -2.23. The van der Waals surface area contributed by atoms with Gasteiger partial charge in [0.15, 0.2) is 0 Å². The van der Waals surface area contributed by atoms with Crippen LogP contribution in [0.3, 0.4) is 0 Å². The molecule has 0 amide bonds. The van der Waals surface area contributed by atoms with Gasteiger partial charge in [0.05, 0.1) is 5.02 Å². The van der Waals surface area contributed by atoms with Gasteiger partial charge in [0.25, 0.3) is 0 Å². The summed E-state index contributed by atoms with van der Waals surface area (Å²) in [6.07, 6.45) is 2.42. The summed E-state index contributed by atoms with van der Waals surface area (Å²) in [7, 11) is 0. The van der Waals surface area contributed by atoms with Crippen LogP contribution in [0.1, 0.15) is 18.4 Å². The molecule has 0 saturated carbocycles. The molecule has 1 aromatic rings. The number of hydrogen-bond acceptors (Lipinski definition) is 1. The monoisotopic (exact) mass is 305 g/mol. The predicted molar refractivity (Wildman–Crippen MR) is 68.6 cm³/mol. The fourth-order valence-electron chi connectivity index (χ4n) is 2.17. The molecule has 1 unspecified atom stereocenters. The van der Waals surface area contributed by atoms with Crippen molar-refractivity contribution in [2.75, 3.05) is 11.9 Å². The predicted octanol–water partition coefficient (Wildman–Crippen LogP) is 3.84. The van der Waals surface area contributed by atoms with Gasteiger partial charge in [-0.1, -0.05) is 39.7 Å². The third-order valence-corrected chi connectivity index (χ3v) is 4.25. The minimum atomic E-state index is -0.325. The zero-order valence-electron chi connectivity index (χ0n) is 8.93. The Morgan fingerprint density at radius 2 is 2.31 bits per heavy atom. The average Bonchev–Trinajstić information content (AvgIpc) is 2.72. The van der Waals surface area contributed by atoms with Crippen LogP contribution in [0.4, 0.5) is 4.39 Å². The van der Waals surface area contributed by atoms with E-state index in [1.807, 2.05) is 6.07 Å². The molecule has 88 valence electrons. The van der Waals surface area contributed by atoms with E-state index in [0.717, 1.165) is 24.0 Å². The number of benzene rings is 1. The van der Waals surface area contributed by atoms with E-state index in [2.05, 4.69) is 20.8 Å². The highest BCUT2D eigenvalue weighted by Gasteiger charge is 2.24. The van der Waals surface area contributed by atoms with E-state index >= 15 is 0 Å². The van der Waals surface area contributed by atoms with Crippen molar-refractivity contribution in [3.63, 3.8) is 0 Å². The van der Waals surface area contributed by atoms with Crippen LogP contribution < -0.4 is 0 Å². The topological polar surface area (TPSA) is 3.24 Å². The van der Waals surface area contributed by atoms with Crippen molar-refractivity contribution in [1.29, 1.82) is 0 Å². The molecule has 1 fully saturated rings. The molecule has 0 bridgehead atoms. The van der Waals surface area contributed by atoms with Gasteiger partial charge in [-0.05, 0) is 31.0 Å². The number of nitrogens with zero attached hydrogens (tertiary/aromatic N) is 1. The fourth-order valence-corrected chi connectivity index (χ4v) is 3.09. The molecule has 1 nitrogen and oxygen atoms in total. The highest BCUT2D eigenvalue weighted by molar-refractivity contribution is 9.09. The summed E-state index contributed by atoms with van der Waals surface area (Å²) in [5, 5.41) is 1.24. The molecular weight excluding hydrogens is 292 g/mol. The van der Waals surface area contributed by atoms with Crippen LogP contribution in [0, 0.1) is 5.82 Å². The molecule has 0 aliphatic carbocycles. The molecule has 1 heterocycles. The molecule has 2 rings (SSSR count). The molecule has 1 aliphatic heterocycles. The van der Waals surface area contributed by atoms with Crippen molar-refractivity contribution in [2.45, 2.75) is 25.4 Å². The Morgan fingerprint density at radius 1 is 1.50 bits per heavy atom. The van der Waals surface area contributed by atoms with Crippen molar-refractivity contribution >= 4 is 27.5 Å². The molecule has 0 radical (unpaired) electrons. The van der Waals surface area contributed by atoms with Crippen LogP contribution in [-0.2, 0) is 6.54 Å². The van der Waals surface area contributed by atoms with Crippen LogP contribution in [0.15, 0.2) is 18.2 Å². The minimum Gasteiger partial charge on any atom is -0.295 e. The maximum Gasteiger partial charge on any atom is 0.142 e. The number of halogens is 3. The smallest absolute Gasteiger partial charge is 0.142 e. The summed E-state index contributed by atoms with van der Waals surface area (Å²) in [6.45, 7) is 1.82. The van der Waals surface area contributed by atoms with Gasteiger partial charge in [0.1, 0.15) is 5.82 Å². The van der Waals surface area contributed by atoms with E-state index in [9.17, 15) is 4.39 Å². The fraction of sp³-hybridized carbons (Fsp3) is 0.500. The highest BCUT2D eigenvalue weighted by Crippen LogP contribution is 2.26. The Morgan fingerprint density at radius 3 is 3.06 bits per heavy atom. The van der Waals surface area contributed by atoms with Gasteiger partial charge in [0.2, 0.25) is 0 Å². The van der Waals surface area contributed by atoms with Gasteiger partial charge in [-0.25, -0.2) is 4.39 Å². The largest absolute Gasteiger partial charge is 0.295 e. The molecular formula is C12H14BrClFN. The Kier molecular flexibility index (Phi) is 4.22. The molecule has 1 aliphatic rings. The van der Waals surface area contributed by atoms with Gasteiger partial charge < -0.3 is 0 Å². The van der Waals surface area contributed by atoms with Crippen molar-refractivity contribution in [2.24, 2.45) is 0 Å². The Balaban J connectivity index is 2.11. The number of likely N-dealkylation sites (tertiary alicyclic amines) is 1. The maximum absolute atomic E-state index is 13.3. The SMILES string of the molecule is Fc1cccc(CN2CCCC2CBr)c1Cl. The number of alkyl halides is 1. The second-order valence-corrected chi connectivity index (χ2v) is 5.16. The van der Waals surface area contributed by atoms with Crippen LogP contribution in [0.5, 0.6) is 0 Å². The van der Waals surface area contributed by atoms with Gasteiger partial charge in [-0.15, -0.1) is 0 Å². The van der Waals surface area contributed by atoms with Gasteiger partial charge in [-0.2, -0.15) is 0 Å². The molecule has 4 heteroatoms. The lowest BCUT2D eigenvalue weighted by Crippen LogP contribution is -2.30. The van der Waals surface area contributed by atoms with E-state index in [0.29, 0.717) is 6.04 Å². The van der Waals surface area contributed by atoms with Crippen molar-refractivity contribution in [1.82, 2.24) is 4.90 Å². The number of hydrogen-bond donors (Lipinski definition) is 0. The van der Waals surface area contributed by atoms with Crippen LogP contribution >= 0.6 is 27.5 Å². The van der Waals surface area contributed by atoms with Crippen molar-refractivity contribution in [3.8, 4) is 0 Å². The Hall–Kier alpha value is -0.120. The average molecular weight is 307 g/mol. The van der Waals surface area contributed by atoms with Gasteiger partial charge in [0, 0.05) is 17.9 Å². The quantitative estimate of drug-likeness (QED) is 0.767. The van der Waals surface area contributed by atoms with Gasteiger partial charge in [-0.3, -0.25) is 4.90 Å². The molecule has 1 atom stereocenters. The summed E-state index contributed by atoms with van der Waals surface area (Å²) in [6, 6.07) is 5.57. The summed E-state index contributed by atoms with van der Waals surface area (Å²) in [5.74, 6) is -0.325. The molecule has 1 saturated heterocycles. The van der Waals surface area contributed by atoms with Gasteiger partial charge >= 0.3 is 0 Å². The first-order chi connectivity index (χ1) is 7.72. The summed E-state index contributed by atoms with van der Waals surface area (Å²) in [5.41, 5.74) is 0.884. The second-order valence-electron chi connectivity index (χ2n) is 4.13.